The van der Waals surface area contributed by atoms with Crippen molar-refractivity contribution in [2.24, 2.45) is 0 Å². The molecule has 2 heterocycles. The van der Waals surface area contributed by atoms with Gasteiger partial charge in [-0.1, -0.05) is 18.2 Å². The van der Waals surface area contributed by atoms with Crippen LogP contribution in [0.1, 0.15) is 17.8 Å². The summed E-state index contributed by atoms with van der Waals surface area (Å²) in [5.41, 5.74) is 1.40. The highest BCUT2D eigenvalue weighted by molar-refractivity contribution is 7.92. The van der Waals surface area contributed by atoms with Crippen molar-refractivity contribution >= 4 is 21.4 Å². The average molecular weight is 444 g/mol. The van der Waals surface area contributed by atoms with E-state index in [0.717, 1.165) is 17.8 Å². The Kier molecular flexibility index (Phi) is 5.27. The zero-order valence-corrected chi connectivity index (χ0v) is 17.7. The van der Waals surface area contributed by atoms with Gasteiger partial charge in [0.15, 0.2) is 16.4 Å². The van der Waals surface area contributed by atoms with E-state index in [1.54, 1.807) is 18.5 Å². The van der Waals surface area contributed by atoms with Crippen molar-refractivity contribution in [2.75, 3.05) is 17.9 Å². The standard InChI is InChI=1S/C20H20N4O6S/c1-13-20(14(2)23(21-13)15-7-4-3-5-8-15)22-31(27,28)19-12-18-17(11-16(19)24(25)26)29-9-6-10-30-18/h3-5,7-8,11-12,22H,6,9-10H2,1-2H3. The number of fused-ring (bicyclic) bond motifs is 1. The lowest BCUT2D eigenvalue weighted by Crippen LogP contribution is -2.16. The van der Waals surface area contributed by atoms with Crippen molar-refractivity contribution in [3.8, 4) is 17.2 Å². The number of aryl methyl sites for hydroxylation is 1. The summed E-state index contributed by atoms with van der Waals surface area (Å²) in [6.07, 6.45) is 0.583. The minimum absolute atomic E-state index is 0.146. The quantitative estimate of drug-likeness (QED) is 0.472. The molecule has 1 aliphatic rings. The molecule has 0 aliphatic carbocycles. The van der Waals surface area contributed by atoms with Gasteiger partial charge in [-0.25, -0.2) is 13.1 Å². The van der Waals surface area contributed by atoms with Crippen LogP contribution >= 0.6 is 0 Å². The van der Waals surface area contributed by atoms with Crippen LogP contribution in [0.4, 0.5) is 11.4 Å². The first kappa shape index (κ1) is 20.7. The van der Waals surface area contributed by atoms with Gasteiger partial charge in [-0.2, -0.15) is 5.10 Å². The predicted molar refractivity (Wildman–Crippen MR) is 113 cm³/mol. The number of nitrogens with zero attached hydrogens (tertiary/aromatic N) is 3. The van der Waals surface area contributed by atoms with E-state index in [4.69, 9.17) is 9.47 Å². The molecular formula is C20H20N4O6S. The molecule has 162 valence electrons. The minimum Gasteiger partial charge on any atom is -0.490 e. The number of nitro groups is 1. The molecule has 10 nitrogen and oxygen atoms in total. The molecule has 0 spiro atoms. The molecule has 1 aliphatic heterocycles. The molecule has 0 fully saturated rings. The Morgan fingerprint density at radius 1 is 1.10 bits per heavy atom. The second kappa shape index (κ2) is 7.91. The lowest BCUT2D eigenvalue weighted by Gasteiger charge is -2.12. The number of hydrogen-bond acceptors (Lipinski definition) is 7. The monoisotopic (exact) mass is 444 g/mol. The highest BCUT2D eigenvalue weighted by Crippen LogP contribution is 2.39. The maximum absolute atomic E-state index is 13.2. The molecule has 0 atom stereocenters. The largest absolute Gasteiger partial charge is 0.490 e. The number of hydrogen-bond donors (Lipinski definition) is 1. The molecule has 1 N–H and O–H groups in total. The van der Waals surface area contributed by atoms with Gasteiger partial charge < -0.3 is 9.47 Å². The number of nitro benzene ring substituents is 1. The third-order valence-electron chi connectivity index (χ3n) is 4.84. The highest BCUT2D eigenvalue weighted by atomic mass is 32.2. The number of sulfonamides is 1. The predicted octanol–water partition coefficient (Wildman–Crippen LogP) is 3.36. The van der Waals surface area contributed by atoms with Gasteiger partial charge in [0.25, 0.3) is 15.7 Å². The summed E-state index contributed by atoms with van der Waals surface area (Å²) in [5, 5.41) is 16.0. The lowest BCUT2D eigenvalue weighted by molar-refractivity contribution is -0.387. The Morgan fingerprint density at radius 2 is 1.74 bits per heavy atom. The second-order valence-electron chi connectivity index (χ2n) is 6.97. The SMILES string of the molecule is Cc1nn(-c2ccccc2)c(C)c1NS(=O)(=O)c1cc2c(cc1[N+](=O)[O-])OCCCO2. The van der Waals surface area contributed by atoms with E-state index in [1.807, 2.05) is 30.3 Å². The summed E-state index contributed by atoms with van der Waals surface area (Å²) in [6, 6.07) is 11.4. The molecule has 31 heavy (non-hydrogen) atoms. The van der Waals surface area contributed by atoms with Crippen LogP contribution in [0.15, 0.2) is 47.4 Å². The van der Waals surface area contributed by atoms with Crippen LogP contribution in [0.5, 0.6) is 11.5 Å². The van der Waals surface area contributed by atoms with Gasteiger partial charge in [-0.3, -0.25) is 14.8 Å². The highest BCUT2D eigenvalue weighted by Gasteiger charge is 2.31. The van der Waals surface area contributed by atoms with Gasteiger partial charge in [0.2, 0.25) is 0 Å². The topological polar surface area (TPSA) is 126 Å². The summed E-state index contributed by atoms with van der Waals surface area (Å²) in [6.45, 7) is 4.02. The van der Waals surface area contributed by atoms with Crippen LogP contribution in [0.2, 0.25) is 0 Å². The van der Waals surface area contributed by atoms with Crippen LogP contribution in [0.25, 0.3) is 5.69 Å². The summed E-state index contributed by atoms with van der Waals surface area (Å²) in [7, 11) is -4.33. The third kappa shape index (κ3) is 3.91. The summed E-state index contributed by atoms with van der Waals surface area (Å²) in [5.74, 6) is 0.296. The number of ether oxygens (including phenoxy) is 2. The summed E-state index contributed by atoms with van der Waals surface area (Å²) >= 11 is 0. The van der Waals surface area contributed by atoms with Crippen LogP contribution in [0, 0.1) is 24.0 Å². The van der Waals surface area contributed by atoms with Crippen LogP contribution in [-0.2, 0) is 10.0 Å². The van der Waals surface area contributed by atoms with Crippen molar-refractivity contribution in [1.29, 1.82) is 0 Å². The Labute approximate surface area is 178 Å². The summed E-state index contributed by atoms with van der Waals surface area (Å²) < 4.78 is 41.5. The molecular weight excluding hydrogens is 424 g/mol. The first-order valence-electron chi connectivity index (χ1n) is 9.50. The van der Waals surface area contributed by atoms with Gasteiger partial charge in [-0.15, -0.1) is 0 Å². The molecule has 2 aromatic carbocycles. The van der Waals surface area contributed by atoms with Gasteiger partial charge in [0.05, 0.1) is 47.0 Å². The smallest absolute Gasteiger partial charge is 0.293 e. The Bertz CT molecular complexity index is 1250. The van der Waals surface area contributed by atoms with E-state index >= 15 is 0 Å². The van der Waals surface area contributed by atoms with Crippen LogP contribution in [0.3, 0.4) is 0 Å². The maximum atomic E-state index is 13.2. The van der Waals surface area contributed by atoms with Crippen LogP contribution < -0.4 is 14.2 Å². The molecule has 4 rings (SSSR count). The van der Waals surface area contributed by atoms with E-state index in [9.17, 15) is 18.5 Å². The van der Waals surface area contributed by atoms with E-state index in [1.165, 1.54) is 0 Å². The second-order valence-corrected chi connectivity index (χ2v) is 8.62. The molecule has 0 saturated carbocycles. The number of nitrogens with one attached hydrogen (secondary N) is 1. The van der Waals surface area contributed by atoms with Gasteiger partial charge in [-0.05, 0) is 26.0 Å². The third-order valence-corrected chi connectivity index (χ3v) is 6.22. The molecule has 0 bridgehead atoms. The molecule has 0 unspecified atom stereocenters. The fourth-order valence-electron chi connectivity index (χ4n) is 3.34. The Morgan fingerprint density at radius 3 is 2.39 bits per heavy atom. The summed E-state index contributed by atoms with van der Waals surface area (Å²) in [4.78, 5) is 10.4. The zero-order chi connectivity index (χ0) is 22.2. The molecule has 0 radical (unpaired) electrons. The van der Waals surface area contributed by atoms with Crippen LogP contribution in [-0.4, -0.2) is 36.3 Å². The molecule has 3 aromatic rings. The number of para-hydroxylation sites is 1. The van der Waals surface area contributed by atoms with E-state index in [-0.39, 0.29) is 17.2 Å². The maximum Gasteiger partial charge on any atom is 0.293 e. The first-order valence-corrected chi connectivity index (χ1v) is 11.0. The van der Waals surface area contributed by atoms with Gasteiger partial charge in [0.1, 0.15) is 0 Å². The molecule has 11 heteroatoms. The fraction of sp³-hybridized carbons (Fsp3) is 0.250. The van der Waals surface area contributed by atoms with E-state index < -0.39 is 25.5 Å². The van der Waals surface area contributed by atoms with Crippen molar-refractivity contribution in [3.05, 3.63) is 64.0 Å². The number of aromatic nitrogens is 2. The molecule has 1 aromatic heterocycles. The van der Waals surface area contributed by atoms with Crippen molar-refractivity contribution in [3.63, 3.8) is 0 Å². The van der Waals surface area contributed by atoms with Crippen molar-refractivity contribution in [2.45, 2.75) is 25.2 Å². The number of benzene rings is 2. The number of rotatable bonds is 5. The van der Waals surface area contributed by atoms with E-state index in [2.05, 4.69) is 9.82 Å². The Hall–Kier alpha value is -3.60. The molecule has 0 amide bonds. The molecule has 0 saturated heterocycles. The fourth-order valence-corrected chi connectivity index (χ4v) is 4.68. The Balaban J connectivity index is 1.78. The number of anilines is 1. The van der Waals surface area contributed by atoms with Gasteiger partial charge in [0, 0.05) is 12.5 Å². The van der Waals surface area contributed by atoms with E-state index in [0.29, 0.717) is 31.0 Å². The first-order chi connectivity index (χ1) is 14.8. The average Bonchev–Trinajstić information content (AvgIpc) is 2.91. The normalized spacial score (nSPS) is 13.5. The minimum atomic E-state index is -4.33. The van der Waals surface area contributed by atoms with Crippen molar-refractivity contribution in [1.82, 2.24) is 9.78 Å². The lowest BCUT2D eigenvalue weighted by atomic mass is 10.3. The zero-order valence-electron chi connectivity index (χ0n) is 16.9. The van der Waals surface area contributed by atoms with Gasteiger partial charge >= 0.3 is 0 Å². The van der Waals surface area contributed by atoms with Crippen molar-refractivity contribution < 1.29 is 22.8 Å².